The van der Waals surface area contributed by atoms with Gasteiger partial charge in [0.05, 0.1) is 0 Å². The van der Waals surface area contributed by atoms with Crippen molar-refractivity contribution < 1.29 is 51.0 Å². The molecule has 2 heterocycles. The number of halogens is 2. The first-order chi connectivity index (χ1) is 12.8. The molecule has 0 bridgehead atoms. The van der Waals surface area contributed by atoms with E-state index >= 15 is 0 Å². The van der Waals surface area contributed by atoms with Crippen molar-refractivity contribution in [3.63, 3.8) is 0 Å². The molecule has 4 aromatic rings. The minimum atomic E-state index is 0. The summed E-state index contributed by atoms with van der Waals surface area (Å²) in [5.74, 6) is 0. The van der Waals surface area contributed by atoms with Crippen LogP contribution in [0.3, 0.4) is 0 Å². The van der Waals surface area contributed by atoms with Crippen molar-refractivity contribution >= 4 is 13.8 Å². The van der Waals surface area contributed by atoms with Crippen LogP contribution in [0.15, 0.2) is 73.1 Å². The predicted molar refractivity (Wildman–Crippen MR) is 112 cm³/mol. The van der Waals surface area contributed by atoms with Gasteiger partial charge in [-0.2, -0.15) is 0 Å². The maximum Gasteiger partial charge on any atom is 4.00 e. The molecule has 2 nitrogen and oxygen atoms in total. The van der Waals surface area contributed by atoms with Crippen LogP contribution in [0, 0.1) is 0 Å². The summed E-state index contributed by atoms with van der Waals surface area (Å²) < 4.78 is 0. The van der Waals surface area contributed by atoms with Gasteiger partial charge in [-0.05, 0) is 0 Å². The summed E-state index contributed by atoms with van der Waals surface area (Å²) >= 11 is 0. The Bertz CT molecular complexity index is 850. The average molecular weight is 498 g/mol. The normalized spacial score (nSPS) is 8.90. The van der Waals surface area contributed by atoms with Crippen molar-refractivity contribution in [2.75, 3.05) is 0 Å². The molecule has 0 saturated heterocycles. The third-order valence-corrected chi connectivity index (χ3v) is 4.34. The number of benzene rings is 2. The van der Waals surface area contributed by atoms with Gasteiger partial charge in [0.25, 0.3) is 0 Å². The van der Waals surface area contributed by atoms with Crippen molar-refractivity contribution in [2.45, 2.75) is 26.7 Å². The molecular formula is C22H22B2Cl2N2Zr. The Balaban J connectivity index is 0.000000490. The number of rotatable bonds is 4. The van der Waals surface area contributed by atoms with Crippen LogP contribution in [-0.4, -0.2) is 23.8 Å². The summed E-state index contributed by atoms with van der Waals surface area (Å²) in [6.45, 7) is 8.59. The summed E-state index contributed by atoms with van der Waals surface area (Å²) in [6, 6.07) is 20.5. The molecule has 4 rings (SSSR count). The molecule has 0 radical (unpaired) electrons. The number of aryl methyl sites for hydroxylation is 2. The van der Waals surface area contributed by atoms with Gasteiger partial charge in [0.15, 0.2) is 0 Å². The van der Waals surface area contributed by atoms with Gasteiger partial charge in [0, 0.05) is 0 Å². The van der Waals surface area contributed by atoms with Gasteiger partial charge in [0.1, 0.15) is 0 Å². The van der Waals surface area contributed by atoms with Crippen molar-refractivity contribution in [3.8, 4) is 22.3 Å². The molecule has 0 atom stereocenters. The summed E-state index contributed by atoms with van der Waals surface area (Å²) in [6.07, 6.45) is 6.00. The Morgan fingerprint density at radius 1 is 0.655 bits per heavy atom. The van der Waals surface area contributed by atoms with Crippen LogP contribution in [0.25, 0.3) is 22.3 Å². The van der Waals surface area contributed by atoms with Gasteiger partial charge in [-0.3, -0.25) is 0 Å². The second-order valence-electron chi connectivity index (χ2n) is 6.16. The molecule has 0 spiro atoms. The Morgan fingerprint density at radius 2 is 1.00 bits per heavy atom. The first-order valence-corrected chi connectivity index (χ1v) is 9.14. The number of hydrogen-bond donors (Lipinski definition) is 0. The fourth-order valence-corrected chi connectivity index (χ4v) is 2.73. The molecule has 0 saturated carbocycles. The fourth-order valence-electron chi connectivity index (χ4n) is 2.73. The minimum Gasteiger partial charge on any atom is -1.00 e. The van der Waals surface area contributed by atoms with E-state index in [1.165, 1.54) is 22.0 Å². The van der Waals surface area contributed by atoms with E-state index in [2.05, 4.69) is 61.9 Å². The van der Waals surface area contributed by atoms with Gasteiger partial charge in [-0.25, -0.2) is 0 Å². The smallest absolute Gasteiger partial charge is 1.00 e. The van der Waals surface area contributed by atoms with E-state index in [1.807, 2.05) is 48.8 Å². The molecule has 0 aliphatic rings. The molecule has 0 amide bonds. The first kappa shape index (κ1) is 27.9. The van der Waals surface area contributed by atoms with Gasteiger partial charge in [-0.15, -0.1) is 0 Å². The van der Waals surface area contributed by atoms with Crippen LogP contribution in [-0.2, 0) is 39.0 Å². The van der Waals surface area contributed by atoms with E-state index in [-0.39, 0.29) is 51.0 Å². The Labute approximate surface area is 206 Å². The van der Waals surface area contributed by atoms with Gasteiger partial charge in [0.2, 0.25) is 0 Å². The Kier molecular flexibility index (Phi) is 14.2. The summed E-state index contributed by atoms with van der Waals surface area (Å²) in [4.78, 5) is 8.71. The maximum absolute atomic E-state index is 4.36. The van der Waals surface area contributed by atoms with E-state index in [1.54, 1.807) is 0 Å². The minimum absolute atomic E-state index is 0. The van der Waals surface area contributed by atoms with Crippen LogP contribution in [0.1, 0.15) is 24.8 Å². The molecule has 0 fully saturated rings. The van der Waals surface area contributed by atoms with E-state index in [9.17, 15) is 0 Å². The van der Waals surface area contributed by atoms with Crippen LogP contribution >= 0.6 is 0 Å². The average Bonchev–Trinajstić information content (AvgIpc) is 3.39. The van der Waals surface area contributed by atoms with Gasteiger partial charge < -0.3 is 24.8 Å². The number of aromatic nitrogens is 2. The molecular weight excluding hydrogens is 476 g/mol. The summed E-state index contributed by atoms with van der Waals surface area (Å²) in [5, 5.41) is 0. The van der Waals surface area contributed by atoms with Gasteiger partial charge in [-0.1, -0.05) is 0 Å². The molecule has 29 heavy (non-hydrogen) atoms. The van der Waals surface area contributed by atoms with E-state index in [0.29, 0.717) is 0 Å². The Morgan fingerprint density at radius 3 is 1.28 bits per heavy atom. The molecule has 0 unspecified atom stereocenters. The second kappa shape index (κ2) is 14.8. The molecule has 0 aliphatic heterocycles. The topological polar surface area (TPSA) is 25.8 Å². The number of hydrogen-bond acceptors (Lipinski definition) is 2. The Hall–Kier alpha value is -1.15. The molecule has 2 aromatic carbocycles. The summed E-state index contributed by atoms with van der Waals surface area (Å²) in [7, 11) is 0. The fraction of sp³-hybridized carbons (Fsp3) is 0.182. The third kappa shape index (κ3) is 8.24. The van der Waals surface area contributed by atoms with Crippen molar-refractivity contribution in [1.82, 2.24) is 9.97 Å². The molecule has 2 aromatic heterocycles. The van der Waals surface area contributed by atoms with E-state index < -0.39 is 0 Å². The second-order valence-corrected chi connectivity index (χ2v) is 6.16. The zero-order valence-corrected chi connectivity index (χ0v) is 20.6. The first-order valence-electron chi connectivity index (χ1n) is 9.14. The standard InChI is InChI=1S/2C11H11BN.2ClH.Zr/c2*1-2-10-8-13-11(12-10)9-6-4-3-5-7-9;;;/h2*3-8H,2H2,1H3;2*1H;/q2*-1;;;+4/p-2. The SMILES string of the molecule is CCc1b[c-](-c2ccccc2)nc1.CCc1b[c-](-c2ccccc2)nc1.[Cl-].[Cl-].[Zr+4]. The van der Waals surface area contributed by atoms with Crippen LogP contribution in [0.4, 0.5) is 0 Å². The number of nitrogens with zero attached hydrogens (tertiary/aromatic N) is 2. The maximum atomic E-state index is 4.36. The van der Waals surface area contributed by atoms with Crippen molar-refractivity contribution in [3.05, 3.63) is 84.0 Å². The van der Waals surface area contributed by atoms with E-state index in [0.717, 1.165) is 24.0 Å². The molecule has 144 valence electrons. The molecule has 7 heteroatoms. The molecule has 0 aliphatic carbocycles. The monoisotopic (exact) mass is 496 g/mol. The quantitative estimate of drug-likeness (QED) is 0.329. The predicted octanol–water partition coefficient (Wildman–Crippen LogP) is -1.26. The van der Waals surface area contributed by atoms with Crippen molar-refractivity contribution in [1.29, 1.82) is 0 Å². The van der Waals surface area contributed by atoms with Crippen molar-refractivity contribution in [2.24, 2.45) is 0 Å². The van der Waals surface area contributed by atoms with Crippen LogP contribution < -0.4 is 24.8 Å². The van der Waals surface area contributed by atoms with Gasteiger partial charge >= 0.3 is 183 Å². The van der Waals surface area contributed by atoms with E-state index in [4.69, 9.17) is 0 Å². The van der Waals surface area contributed by atoms with Crippen LogP contribution in [0.2, 0.25) is 0 Å². The largest absolute Gasteiger partial charge is 4.00 e. The zero-order valence-electron chi connectivity index (χ0n) is 16.6. The summed E-state index contributed by atoms with van der Waals surface area (Å²) in [5.41, 5.74) is 7.16. The zero-order chi connectivity index (χ0) is 18.2. The third-order valence-electron chi connectivity index (χ3n) is 4.34. The van der Waals surface area contributed by atoms with Crippen LogP contribution in [0.5, 0.6) is 0 Å². The molecule has 0 N–H and O–H groups in total.